The number of aliphatic hydroxyl groups excluding tert-OH is 1. The summed E-state index contributed by atoms with van der Waals surface area (Å²) in [5.41, 5.74) is 7.58. The summed E-state index contributed by atoms with van der Waals surface area (Å²) in [5, 5.41) is 12.4. The number of nitrogens with two attached hydrogens (primary N) is 1. The molecule has 5 nitrogen and oxygen atoms in total. The minimum absolute atomic E-state index is 0.0751. The summed E-state index contributed by atoms with van der Waals surface area (Å²) in [6.45, 7) is 4.62. The van der Waals surface area contributed by atoms with Crippen LogP contribution in [0.2, 0.25) is 0 Å². The summed E-state index contributed by atoms with van der Waals surface area (Å²) in [6, 6.07) is 5.20. The highest BCUT2D eigenvalue weighted by Crippen LogP contribution is 2.23. The normalized spacial score (nSPS) is 11.2. The van der Waals surface area contributed by atoms with Gasteiger partial charge in [-0.1, -0.05) is 13.8 Å². The second-order valence-electron chi connectivity index (χ2n) is 5.68. The number of hydrogen-bond donors (Lipinski definition) is 3. The van der Waals surface area contributed by atoms with E-state index in [2.05, 4.69) is 5.32 Å². The number of aliphatic hydroxyl groups is 1. The molecule has 0 aromatic heterocycles. The van der Waals surface area contributed by atoms with E-state index in [1.54, 1.807) is 32.3 Å². The van der Waals surface area contributed by atoms with Crippen LogP contribution >= 0.6 is 0 Å². The summed E-state index contributed by atoms with van der Waals surface area (Å²) in [6.07, 6.45) is 0. The van der Waals surface area contributed by atoms with Crippen LogP contribution in [0.15, 0.2) is 18.2 Å². The number of nitrogens with zero attached hydrogens (tertiary/aromatic N) is 1. The topological polar surface area (TPSA) is 78.6 Å². The molecule has 1 rings (SSSR count). The zero-order valence-corrected chi connectivity index (χ0v) is 12.0. The lowest BCUT2D eigenvalue weighted by atomic mass is 9.95. The van der Waals surface area contributed by atoms with Gasteiger partial charge < -0.3 is 21.1 Å². The number of amides is 1. The Bertz CT molecular complexity index is 456. The highest BCUT2D eigenvalue weighted by Gasteiger charge is 2.17. The molecule has 0 radical (unpaired) electrons. The third kappa shape index (κ3) is 4.13. The molecule has 1 aromatic rings. The molecule has 0 heterocycles. The third-order valence-electron chi connectivity index (χ3n) is 2.89. The van der Waals surface area contributed by atoms with Crippen molar-refractivity contribution in [3.63, 3.8) is 0 Å². The van der Waals surface area contributed by atoms with Crippen molar-refractivity contribution in [2.45, 2.75) is 13.8 Å². The molecule has 0 saturated carbocycles. The lowest BCUT2D eigenvalue weighted by molar-refractivity contribution is 0.0827. The van der Waals surface area contributed by atoms with E-state index in [0.717, 1.165) is 5.69 Å². The van der Waals surface area contributed by atoms with Gasteiger partial charge in [0.1, 0.15) is 0 Å². The van der Waals surface area contributed by atoms with Crippen LogP contribution in [0.5, 0.6) is 0 Å². The van der Waals surface area contributed by atoms with Crippen molar-refractivity contribution in [2.75, 3.05) is 38.3 Å². The van der Waals surface area contributed by atoms with Gasteiger partial charge in [-0.05, 0) is 18.2 Å². The first kappa shape index (κ1) is 15.3. The Morgan fingerprint density at radius 1 is 1.42 bits per heavy atom. The fourth-order valence-electron chi connectivity index (χ4n) is 1.51. The number of anilines is 2. The Morgan fingerprint density at radius 2 is 2.05 bits per heavy atom. The summed E-state index contributed by atoms with van der Waals surface area (Å²) in [7, 11) is 3.41. The van der Waals surface area contributed by atoms with Crippen molar-refractivity contribution in [3.8, 4) is 0 Å². The van der Waals surface area contributed by atoms with Gasteiger partial charge in [-0.25, -0.2) is 0 Å². The SMILES string of the molecule is CN(C)C(=O)c1ccc(NCC(C)(C)CO)c(N)c1. The van der Waals surface area contributed by atoms with Gasteiger partial charge in [-0.3, -0.25) is 4.79 Å². The van der Waals surface area contributed by atoms with E-state index in [1.807, 2.05) is 13.8 Å². The molecule has 0 aliphatic rings. The van der Waals surface area contributed by atoms with Crippen LogP contribution in [0.3, 0.4) is 0 Å². The Balaban J connectivity index is 2.81. The predicted octanol–water partition coefficient (Wildman–Crippen LogP) is 1.40. The monoisotopic (exact) mass is 265 g/mol. The predicted molar refractivity (Wildman–Crippen MR) is 78.2 cm³/mol. The van der Waals surface area contributed by atoms with E-state index in [9.17, 15) is 9.90 Å². The second-order valence-corrected chi connectivity index (χ2v) is 5.68. The van der Waals surface area contributed by atoms with E-state index in [0.29, 0.717) is 17.8 Å². The number of rotatable bonds is 5. The quantitative estimate of drug-likeness (QED) is 0.703. The molecular weight excluding hydrogens is 242 g/mol. The largest absolute Gasteiger partial charge is 0.397 e. The van der Waals surface area contributed by atoms with Crippen molar-refractivity contribution < 1.29 is 9.90 Å². The second kappa shape index (κ2) is 5.93. The van der Waals surface area contributed by atoms with E-state index in [4.69, 9.17) is 5.73 Å². The van der Waals surface area contributed by atoms with Gasteiger partial charge in [0.2, 0.25) is 0 Å². The summed E-state index contributed by atoms with van der Waals surface area (Å²) < 4.78 is 0. The fourth-order valence-corrected chi connectivity index (χ4v) is 1.51. The minimum Gasteiger partial charge on any atom is -0.397 e. The molecule has 4 N–H and O–H groups in total. The first-order chi connectivity index (χ1) is 8.76. The first-order valence-corrected chi connectivity index (χ1v) is 6.23. The van der Waals surface area contributed by atoms with E-state index in [-0.39, 0.29) is 17.9 Å². The molecule has 0 fully saturated rings. The lowest BCUT2D eigenvalue weighted by Crippen LogP contribution is -2.27. The average molecular weight is 265 g/mol. The average Bonchev–Trinajstić information content (AvgIpc) is 2.36. The van der Waals surface area contributed by atoms with Crippen molar-refractivity contribution in [3.05, 3.63) is 23.8 Å². The number of hydrogen-bond acceptors (Lipinski definition) is 4. The molecule has 0 unspecified atom stereocenters. The van der Waals surface area contributed by atoms with Gasteiger partial charge in [0, 0.05) is 38.2 Å². The fraction of sp³-hybridized carbons (Fsp3) is 0.500. The molecule has 0 aliphatic heterocycles. The Kier molecular flexibility index (Phi) is 4.78. The molecule has 0 saturated heterocycles. The van der Waals surface area contributed by atoms with Gasteiger partial charge >= 0.3 is 0 Å². The van der Waals surface area contributed by atoms with Crippen LogP contribution in [0.25, 0.3) is 0 Å². The lowest BCUT2D eigenvalue weighted by Gasteiger charge is -2.23. The Labute approximate surface area is 114 Å². The summed E-state index contributed by atoms with van der Waals surface area (Å²) in [4.78, 5) is 13.3. The number of carbonyl (C=O) groups is 1. The van der Waals surface area contributed by atoms with Crippen molar-refractivity contribution in [2.24, 2.45) is 5.41 Å². The molecule has 106 valence electrons. The van der Waals surface area contributed by atoms with Gasteiger partial charge in [-0.15, -0.1) is 0 Å². The van der Waals surface area contributed by atoms with Crippen molar-refractivity contribution in [1.29, 1.82) is 0 Å². The van der Waals surface area contributed by atoms with Gasteiger partial charge in [-0.2, -0.15) is 0 Å². The summed E-state index contributed by atoms with van der Waals surface area (Å²) in [5.74, 6) is -0.0751. The molecular formula is C14H23N3O2. The standard InChI is InChI=1S/C14H23N3O2/c1-14(2,9-18)8-16-12-6-5-10(7-11(12)15)13(19)17(3)4/h5-7,16,18H,8-9,15H2,1-4H3. The zero-order chi connectivity index (χ0) is 14.6. The maximum Gasteiger partial charge on any atom is 0.253 e. The minimum atomic E-state index is -0.218. The van der Waals surface area contributed by atoms with Crippen molar-refractivity contribution >= 4 is 17.3 Å². The Morgan fingerprint density at radius 3 is 2.53 bits per heavy atom. The molecule has 5 heteroatoms. The Hall–Kier alpha value is -1.75. The first-order valence-electron chi connectivity index (χ1n) is 6.23. The molecule has 0 spiro atoms. The van der Waals surface area contributed by atoms with Crippen LogP contribution in [0, 0.1) is 5.41 Å². The maximum absolute atomic E-state index is 11.8. The number of benzene rings is 1. The molecule has 19 heavy (non-hydrogen) atoms. The van der Waals surface area contributed by atoms with Crippen LogP contribution in [-0.2, 0) is 0 Å². The summed E-state index contributed by atoms with van der Waals surface area (Å²) >= 11 is 0. The van der Waals surface area contributed by atoms with Crippen LogP contribution in [0.4, 0.5) is 11.4 Å². The highest BCUT2D eigenvalue weighted by molar-refractivity contribution is 5.95. The number of nitrogen functional groups attached to an aromatic ring is 1. The smallest absolute Gasteiger partial charge is 0.253 e. The molecule has 0 aliphatic carbocycles. The van der Waals surface area contributed by atoms with Crippen LogP contribution in [0.1, 0.15) is 24.2 Å². The molecule has 0 atom stereocenters. The van der Waals surface area contributed by atoms with Crippen LogP contribution in [-0.4, -0.2) is 43.2 Å². The van der Waals surface area contributed by atoms with Crippen LogP contribution < -0.4 is 11.1 Å². The van der Waals surface area contributed by atoms with E-state index in [1.165, 1.54) is 4.90 Å². The van der Waals surface area contributed by atoms with Gasteiger partial charge in [0.05, 0.1) is 11.4 Å². The number of nitrogens with one attached hydrogen (secondary N) is 1. The molecule has 1 aromatic carbocycles. The molecule has 1 amide bonds. The molecule has 0 bridgehead atoms. The highest BCUT2D eigenvalue weighted by atomic mass is 16.3. The zero-order valence-electron chi connectivity index (χ0n) is 12.0. The third-order valence-corrected chi connectivity index (χ3v) is 2.89. The van der Waals surface area contributed by atoms with Gasteiger partial charge in [0.15, 0.2) is 0 Å². The van der Waals surface area contributed by atoms with Gasteiger partial charge in [0.25, 0.3) is 5.91 Å². The van der Waals surface area contributed by atoms with E-state index >= 15 is 0 Å². The van der Waals surface area contributed by atoms with Crippen molar-refractivity contribution in [1.82, 2.24) is 4.90 Å². The maximum atomic E-state index is 11.8. The number of carbonyl (C=O) groups excluding carboxylic acids is 1. The van der Waals surface area contributed by atoms with E-state index < -0.39 is 0 Å².